The summed E-state index contributed by atoms with van der Waals surface area (Å²) >= 11 is 7.33. The van der Waals surface area contributed by atoms with Crippen molar-refractivity contribution in [3.8, 4) is 0 Å². The maximum Gasteiger partial charge on any atom is 0.211 e. The van der Waals surface area contributed by atoms with E-state index in [0.717, 1.165) is 35.1 Å². The number of rotatable bonds is 6. The smallest absolute Gasteiger partial charge is 0.211 e. The zero-order valence-corrected chi connectivity index (χ0v) is 13.1. The second kappa shape index (κ2) is 7.04. The van der Waals surface area contributed by atoms with Gasteiger partial charge in [0.25, 0.3) is 0 Å². The van der Waals surface area contributed by atoms with Crippen molar-refractivity contribution in [1.82, 2.24) is 10.0 Å². The summed E-state index contributed by atoms with van der Waals surface area (Å²) in [6, 6.07) is 3.78. The van der Waals surface area contributed by atoms with Crippen LogP contribution in [0.1, 0.15) is 17.7 Å². The van der Waals surface area contributed by atoms with Gasteiger partial charge in [-0.1, -0.05) is 11.6 Å². The van der Waals surface area contributed by atoms with Gasteiger partial charge >= 0.3 is 0 Å². The summed E-state index contributed by atoms with van der Waals surface area (Å²) in [5.41, 5.74) is 0. The first-order valence-electron chi connectivity index (χ1n) is 6.47. The van der Waals surface area contributed by atoms with Crippen LogP contribution in [-0.2, 0) is 16.4 Å². The molecule has 19 heavy (non-hydrogen) atoms. The normalized spacial score (nSPS) is 17.7. The molecule has 108 valence electrons. The quantitative estimate of drug-likeness (QED) is 0.840. The first-order chi connectivity index (χ1) is 9.05. The first-order valence-corrected chi connectivity index (χ1v) is 9.32. The number of nitrogens with one attached hydrogen (secondary N) is 2. The van der Waals surface area contributed by atoms with Gasteiger partial charge < -0.3 is 5.32 Å². The summed E-state index contributed by atoms with van der Waals surface area (Å²) in [5, 5.41) is 3.24. The van der Waals surface area contributed by atoms with Crippen LogP contribution in [0.15, 0.2) is 12.1 Å². The lowest BCUT2D eigenvalue weighted by Gasteiger charge is -2.22. The molecule has 0 aromatic carbocycles. The molecular weight excluding hydrogens is 304 g/mol. The van der Waals surface area contributed by atoms with Gasteiger partial charge in [-0.25, -0.2) is 13.1 Å². The van der Waals surface area contributed by atoms with Crippen molar-refractivity contribution in [3.05, 3.63) is 21.3 Å². The van der Waals surface area contributed by atoms with Crippen LogP contribution in [0.4, 0.5) is 0 Å². The number of sulfonamides is 1. The summed E-state index contributed by atoms with van der Waals surface area (Å²) in [4.78, 5) is 1.11. The fourth-order valence-corrected chi connectivity index (χ4v) is 4.81. The average Bonchev–Trinajstić information content (AvgIpc) is 2.75. The molecule has 2 heterocycles. The Morgan fingerprint density at radius 2 is 2.11 bits per heavy atom. The van der Waals surface area contributed by atoms with Gasteiger partial charge in [0, 0.05) is 11.4 Å². The van der Waals surface area contributed by atoms with E-state index in [1.165, 1.54) is 11.3 Å². The van der Waals surface area contributed by atoms with Gasteiger partial charge in [0.1, 0.15) is 0 Å². The molecule has 7 heteroatoms. The van der Waals surface area contributed by atoms with Gasteiger partial charge in [-0.2, -0.15) is 0 Å². The van der Waals surface area contributed by atoms with Crippen LogP contribution >= 0.6 is 22.9 Å². The third-order valence-corrected chi connectivity index (χ3v) is 6.08. The van der Waals surface area contributed by atoms with Crippen LogP contribution in [0.5, 0.6) is 0 Å². The van der Waals surface area contributed by atoms with Crippen molar-refractivity contribution in [3.63, 3.8) is 0 Å². The molecule has 1 aliphatic rings. The monoisotopic (exact) mass is 322 g/mol. The summed E-state index contributed by atoms with van der Waals surface area (Å²) in [7, 11) is -3.15. The second-order valence-electron chi connectivity index (χ2n) is 4.82. The molecule has 0 unspecified atom stereocenters. The molecule has 0 saturated carbocycles. The van der Waals surface area contributed by atoms with Crippen LogP contribution in [0.3, 0.4) is 0 Å². The average molecular weight is 323 g/mol. The molecule has 1 aromatic rings. The zero-order chi connectivity index (χ0) is 13.7. The molecule has 0 spiro atoms. The van der Waals surface area contributed by atoms with Gasteiger partial charge in [-0.15, -0.1) is 11.3 Å². The maximum absolute atomic E-state index is 11.9. The molecule has 1 aliphatic heterocycles. The van der Waals surface area contributed by atoms with E-state index in [1.54, 1.807) is 0 Å². The summed E-state index contributed by atoms with van der Waals surface area (Å²) in [6.07, 6.45) is 2.59. The molecule has 2 rings (SSSR count). The van der Waals surface area contributed by atoms with Crippen molar-refractivity contribution in [1.29, 1.82) is 0 Å². The van der Waals surface area contributed by atoms with Crippen LogP contribution in [0.25, 0.3) is 0 Å². The summed E-state index contributed by atoms with van der Waals surface area (Å²) < 4.78 is 27.3. The topological polar surface area (TPSA) is 58.2 Å². The number of hydrogen-bond acceptors (Lipinski definition) is 4. The fourth-order valence-electron chi connectivity index (χ4n) is 2.23. The summed E-state index contributed by atoms with van der Waals surface area (Å²) in [6.45, 7) is 2.30. The molecular formula is C12H19ClN2O2S2. The van der Waals surface area contributed by atoms with E-state index in [4.69, 9.17) is 11.6 Å². The molecule has 0 radical (unpaired) electrons. The van der Waals surface area contributed by atoms with Gasteiger partial charge in [-0.05, 0) is 50.4 Å². The van der Waals surface area contributed by atoms with Crippen molar-refractivity contribution in [2.45, 2.75) is 19.3 Å². The molecule has 0 amide bonds. The summed E-state index contributed by atoms with van der Waals surface area (Å²) in [5.74, 6) is 0.537. The lowest BCUT2D eigenvalue weighted by atomic mass is 10.0. The predicted octanol–water partition coefficient (Wildman–Crippen LogP) is 1.86. The van der Waals surface area contributed by atoms with E-state index in [0.29, 0.717) is 13.0 Å². The first kappa shape index (κ1) is 15.3. The Morgan fingerprint density at radius 1 is 1.37 bits per heavy atom. The molecule has 1 fully saturated rings. The fraction of sp³-hybridized carbons (Fsp3) is 0.667. The molecule has 0 aliphatic carbocycles. The SMILES string of the molecule is O=S(=O)(CC1CCNCC1)NCCc1ccc(Cl)s1. The van der Waals surface area contributed by atoms with Crippen molar-refractivity contribution in [2.75, 3.05) is 25.4 Å². The number of hydrogen-bond donors (Lipinski definition) is 2. The minimum Gasteiger partial charge on any atom is -0.317 e. The van der Waals surface area contributed by atoms with E-state index in [2.05, 4.69) is 10.0 Å². The third kappa shape index (κ3) is 5.39. The van der Waals surface area contributed by atoms with E-state index >= 15 is 0 Å². The van der Waals surface area contributed by atoms with E-state index in [9.17, 15) is 8.42 Å². The zero-order valence-electron chi connectivity index (χ0n) is 10.7. The molecule has 0 atom stereocenters. The Bertz CT molecular complexity index is 496. The molecule has 4 nitrogen and oxygen atoms in total. The van der Waals surface area contributed by atoms with Crippen LogP contribution in [0.2, 0.25) is 4.34 Å². The molecule has 2 N–H and O–H groups in total. The molecule has 0 bridgehead atoms. The number of thiophene rings is 1. The van der Waals surface area contributed by atoms with Gasteiger partial charge in [-0.3, -0.25) is 0 Å². The van der Waals surface area contributed by atoms with Gasteiger partial charge in [0.2, 0.25) is 10.0 Å². The van der Waals surface area contributed by atoms with Crippen molar-refractivity contribution < 1.29 is 8.42 Å². The Labute approximate surface area is 123 Å². The standard InChI is InChI=1S/C12H19ClN2O2S2/c13-12-2-1-11(18-12)5-8-15-19(16,17)9-10-3-6-14-7-4-10/h1-2,10,14-15H,3-9H2. The van der Waals surface area contributed by atoms with Gasteiger partial charge in [0.15, 0.2) is 0 Å². The highest BCUT2D eigenvalue weighted by molar-refractivity contribution is 7.89. The highest BCUT2D eigenvalue weighted by Gasteiger charge is 2.20. The lowest BCUT2D eigenvalue weighted by molar-refractivity contribution is 0.400. The van der Waals surface area contributed by atoms with Crippen LogP contribution < -0.4 is 10.0 Å². The third-order valence-electron chi connectivity index (χ3n) is 3.24. The lowest BCUT2D eigenvalue weighted by Crippen LogP contribution is -2.36. The Morgan fingerprint density at radius 3 is 2.74 bits per heavy atom. The Hall–Kier alpha value is -0.140. The van der Waals surface area contributed by atoms with Crippen LogP contribution in [0, 0.1) is 5.92 Å². The number of halogens is 1. The predicted molar refractivity (Wildman–Crippen MR) is 80.4 cm³/mol. The van der Waals surface area contributed by atoms with Crippen molar-refractivity contribution in [2.24, 2.45) is 5.92 Å². The van der Waals surface area contributed by atoms with E-state index in [1.807, 2.05) is 12.1 Å². The maximum atomic E-state index is 11.9. The number of piperidine rings is 1. The highest BCUT2D eigenvalue weighted by atomic mass is 35.5. The largest absolute Gasteiger partial charge is 0.317 e. The minimum absolute atomic E-state index is 0.250. The highest BCUT2D eigenvalue weighted by Crippen LogP contribution is 2.21. The van der Waals surface area contributed by atoms with E-state index < -0.39 is 10.0 Å². The minimum atomic E-state index is -3.15. The molecule has 1 saturated heterocycles. The Balaban J connectivity index is 1.74. The second-order valence-corrected chi connectivity index (χ2v) is 8.48. The van der Waals surface area contributed by atoms with Crippen LogP contribution in [-0.4, -0.2) is 33.8 Å². The molecule has 1 aromatic heterocycles. The van der Waals surface area contributed by atoms with Crippen molar-refractivity contribution >= 4 is 33.0 Å². The van der Waals surface area contributed by atoms with E-state index in [-0.39, 0.29) is 11.7 Å². The van der Waals surface area contributed by atoms with Gasteiger partial charge in [0.05, 0.1) is 10.1 Å². The Kier molecular flexibility index (Phi) is 5.65.